The minimum absolute atomic E-state index is 0.264. The highest BCUT2D eigenvalue weighted by Gasteiger charge is 2.07. The van der Waals surface area contributed by atoms with Crippen LogP contribution in [0.1, 0.15) is 16.2 Å². The number of carbonyl (C=O) groups is 1. The summed E-state index contributed by atoms with van der Waals surface area (Å²) in [5.41, 5.74) is 2.07. The van der Waals surface area contributed by atoms with Gasteiger partial charge in [-0.15, -0.1) is 11.3 Å². The Morgan fingerprint density at radius 2 is 2.00 bits per heavy atom. The summed E-state index contributed by atoms with van der Waals surface area (Å²) in [7, 11) is 0. The molecule has 0 aliphatic heterocycles. The Morgan fingerprint density at radius 3 is 2.80 bits per heavy atom. The molecule has 0 saturated carbocycles. The molecular formula is C23H16BrClN2O2S. The van der Waals surface area contributed by atoms with Crippen molar-refractivity contribution < 1.29 is 9.21 Å². The second kappa shape index (κ2) is 9.43. The molecule has 150 valence electrons. The van der Waals surface area contributed by atoms with Crippen molar-refractivity contribution >= 4 is 56.0 Å². The van der Waals surface area contributed by atoms with Crippen LogP contribution in [0.4, 0.5) is 5.13 Å². The third kappa shape index (κ3) is 5.48. The van der Waals surface area contributed by atoms with E-state index in [1.807, 2.05) is 60.7 Å². The molecule has 0 aliphatic carbocycles. The van der Waals surface area contributed by atoms with Crippen LogP contribution in [0, 0.1) is 0 Å². The quantitative estimate of drug-likeness (QED) is 0.289. The molecule has 4 rings (SSSR count). The van der Waals surface area contributed by atoms with E-state index in [-0.39, 0.29) is 5.91 Å². The van der Waals surface area contributed by atoms with Gasteiger partial charge < -0.3 is 4.42 Å². The average molecular weight is 500 g/mol. The summed E-state index contributed by atoms with van der Waals surface area (Å²) < 4.78 is 6.79. The standard InChI is InChI=1S/C23H16BrClN2O2S/c24-17-6-4-16(5-7-17)21-10-8-19(29-21)9-11-22(28)27-23-26-14-20(30-23)13-15-2-1-3-18(25)12-15/h1-12,14H,13H2,(H,26,27,28). The number of rotatable bonds is 6. The molecule has 0 saturated heterocycles. The number of aromatic nitrogens is 1. The molecule has 0 aliphatic rings. The van der Waals surface area contributed by atoms with Crippen molar-refractivity contribution in [1.29, 1.82) is 0 Å². The second-order valence-electron chi connectivity index (χ2n) is 6.47. The van der Waals surface area contributed by atoms with Gasteiger partial charge in [0, 0.05) is 38.6 Å². The van der Waals surface area contributed by atoms with Crippen LogP contribution in [0.5, 0.6) is 0 Å². The van der Waals surface area contributed by atoms with Crippen molar-refractivity contribution in [1.82, 2.24) is 4.98 Å². The van der Waals surface area contributed by atoms with Gasteiger partial charge in [-0.1, -0.05) is 51.8 Å². The first-order valence-electron chi connectivity index (χ1n) is 9.09. The largest absolute Gasteiger partial charge is 0.457 e. The zero-order chi connectivity index (χ0) is 20.9. The Balaban J connectivity index is 1.35. The fraction of sp³-hybridized carbons (Fsp3) is 0.0435. The van der Waals surface area contributed by atoms with Gasteiger partial charge in [-0.25, -0.2) is 4.98 Å². The minimum atomic E-state index is -0.264. The molecule has 0 radical (unpaired) electrons. The summed E-state index contributed by atoms with van der Waals surface area (Å²) in [4.78, 5) is 17.5. The average Bonchev–Trinajstić information content (AvgIpc) is 3.37. The van der Waals surface area contributed by atoms with E-state index in [0.717, 1.165) is 32.7 Å². The zero-order valence-corrected chi connectivity index (χ0v) is 18.8. The maximum atomic E-state index is 12.2. The topological polar surface area (TPSA) is 55.1 Å². The number of nitrogens with zero attached hydrogens (tertiary/aromatic N) is 1. The Kier molecular flexibility index (Phi) is 6.47. The van der Waals surface area contributed by atoms with Gasteiger partial charge in [-0.2, -0.15) is 0 Å². The van der Waals surface area contributed by atoms with E-state index in [1.54, 1.807) is 12.3 Å². The number of carbonyl (C=O) groups excluding carboxylic acids is 1. The molecular weight excluding hydrogens is 484 g/mol. The summed E-state index contributed by atoms with van der Waals surface area (Å²) in [5, 5.41) is 4.04. The molecule has 2 aromatic heterocycles. The molecule has 4 nitrogen and oxygen atoms in total. The van der Waals surface area contributed by atoms with Gasteiger partial charge in [0.25, 0.3) is 0 Å². The van der Waals surface area contributed by atoms with Crippen LogP contribution in [-0.4, -0.2) is 10.9 Å². The lowest BCUT2D eigenvalue weighted by Gasteiger charge is -1.98. The Bertz CT molecular complexity index is 1200. The van der Waals surface area contributed by atoms with Crippen molar-refractivity contribution in [3.8, 4) is 11.3 Å². The lowest BCUT2D eigenvalue weighted by Crippen LogP contribution is -2.06. The van der Waals surface area contributed by atoms with Gasteiger partial charge >= 0.3 is 0 Å². The SMILES string of the molecule is O=C(C=Cc1ccc(-c2ccc(Br)cc2)o1)Nc1ncc(Cc2cccc(Cl)c2)s1. The molecule has 7 heteroatoms. The smallest absolute Gasteiger partial charge is 0.250 e. The normalized spacial score (nSPS) is 11.1. The molecule has 2 aromatic carbocycles. The van der Waals surface area contributed by atoms with Gasteiger partial charge in [0.1, 0.15) is 11.5 Å². The van der Waals surface area contributed by atoms with Crippen LogP contribution >= 0.6 is 38.9 Å². The summed E-state index contributed by atoms with van der Waals surface area (Å²) in [5.74, 6) is 1.08. The minimum Gasteiger partial charge on any atom is -0.457 e. The van der Waals surface area contributed by atoms with Gasteiger partial charge in [0.15, 0.2) is 5.13 Å². The maximum Gasteiger partial charge on any atom is 0.250 e. The lowest BCUT2D eigenvalue weighted by molar-refractivity contribution is -0.111. The van der Waals surface area contributed by atoms with E-state index < -0.39 is 0 Å². The van der Waals surface area contributed by atoms with Crippen LogP contribution in [0.2, 0.25) is 5.02 Å². The first kappa shape index (κ1) is 20.6. The fourth-order valence-electron chi connectivity index (χ4n) is 2.81. The number of benzene rings is 2. The predicted molar refractivity (Wildman–Crippen MR) is 126 cm³/mol. The molecule has 0 atom stereocenters. The zero-order valence-electron chi connectivity index (χ0n) is 15.6. The van der Waals surface area contributed by atoms with E-state index >= 15 is 0 Å². The van der Waals surface area contributed by atoms with Crippen LogP contribution in [-0.2, 0) is 11.2 Å². The Labute approximate surface area is 191 Å². The van der Waals surface area contributed by atoms with Crippen LogP contribution in [0.3, 0.4) is 0 Å². The van der Waals surface area contributed by atoms with Crippen LogP contribution in [0.15, 0.2) is 81.8 Å². The van der Waals surface area contributed by atoms with E-state index in [4.69, 9.17) is 16.0 Å². The maximum absolute atomic E-state index is 12.2. The predicted octanol–water partition coefficient (Wildman–Crippen LogP) is 7.06. The molecule has 1 amide bonds. The molecule has 4 aromatic rings. The van der Waals surface area contributed by atoms with Crippen LogP contribution in [0.25, 0.3) is 17.4 Å². The first-order chi connectivity index (χ1) is 14.5. The van der Waals surface area contributed by atoms with E-state index in [9.17, 15) is 4.79 Å². The van der Waals surface area contributed by atoms with Crippen molar-refractivity contribution in [2.75, 3.05) is 5.32 Å². The van der Waals surface area contributed by atoms with Crippen molar-refractivity contribution in [3.05, 3.63) is 98.6 Å². The van der Waals surface area contributed by atoms with Gasteiger partial charge in [0.05, 0.1) is 0 Å². The number of thiazole rings is 1. The van der Waals surface area contributed by atoms with Gasteiger partial charge in [-0.05, 0) is 48.0 Å². The number of anilines is 1. The van der Waals surface area contributed by atoms with E-state index in [2.05, 4.69) is 26.2 Å². The molecule has 30 heavy (non-hydrogen) atoms. The second-order valence-corrected chi connectivity index (χ2v) is 8.94. The third-order valence-electron chi connectivity index (χ3n) is 4.21. The van der Waals surface area contributed by atoms with Crippen molar-refractivity contribution in [2.45, 2.75) is 6.42 Å². The van der Waals surface area contributed by atoms with Crippen molar-refractivity contribution in [2.24, 2.45) is 0 Å². The van der Waals surface area contributed by atoms with Gasteiger partial charge in [0.2, 0.25) is 5.91 Å². The molecule has 0 spiro atoms. The monoisotopic (exact) mass is 498 g/mol. The number of furan rings is 1. The van der Waals surface area contributed by atoms with Crippen molar-refractivity contribution in [3.63, 3.8) is 0 Å². The summed E-state index contributed by atoms with van der Waals surface area (Å²) >= 11 is 10.9. The Morgan fingerprint density at radius 1 is 1.17 bits per heavy atom. The fourth-order valence-corrected chi connectivity index (χ4v) is 4.14. The van der Waals surface area contributed by atoms with E-state index in [0.29, 0.717) is 15.9 Å². The molecule has 0 bridgehead atoms. The summed E-state index contributed by atoms with van der Waals surface area (Å²) in [6, 6.07) is 19.2. The Hall–Kier alpha value is -2.67. The molecule has 2 heterocycles. The van der Waals surface area contributed by atoms with E-state index in [1.165, 1.54) is 17.4 Å². The van der Waals surface area contributed by atoms with Gasteiger partial charge in [-0.3, -0.25) is 10.1 Å². The lowest BCUT2D eigenvalue weighted by atomic mass is 10.1. The molecule has 0 fully saturated rings. The first-order valence-corrected chi connectivity index (χ1v) is 11.1. The highest BCUT2D eigenvalue weighted by molar-refractivity contribution is 9.10. The number of halogens is 2. The summed E-state index contributed by atoms with van der Waals surface area (Å²) in [6.07, 6.45) is 5.55. The third-order valence-corrected chi connectivity index (χ3v) is 5.88. The number of amides is 1. The molecule has 0 unspecified atom stereocenters. The molecule has 1 N–H and O–H groups in total. The van der Waals surface area contributed by atoms with Crippen LogP contribution < -0.4 is 5.32 Å². The summed E-state index contributed by atoms with van der Waals surface area (Å²) in [6.45, 7) is 0. The number of nitrogens with one attached hydrogen (secondary N) is 1. The number of hydrogen-bond acceptors (Lipinski definition) is 4. The number of hydrogen-bond donors (Lipinski definition) is 1. The highest BCUT2D eigenvalue weighted by atomic mass is 79.9. The highest BCUT2D eigenvalue weighted by Crippen LogP contribution is 2.25.